The highest BCUT2D eigenvalue weighted by Gasteiger charge is 2.42. The Morgan fingerprint density at radius 2 is 2.05 bits per heavy atom. The van der Waals surface area contributed by atoms with Crippen LogP contribution in [0.25, 0.3) is 0 Å². The number of amides is 1. The van der Waals surface area contributed by atoms with Crippen molar-refractivity contribution in [1.29, 1.82) is 0 Å². The monoisotopic (exact) mass is 302 g/mol. The quantitative estimate of drug-likeness (QED) is 0.929. The molecule has 2 aliphatic rings. The molecule has 1 amide bonds. The van der Waals surface area contributed by atoms with Crippen LogP contribution < -0.4 is 10.5 Å². The molecule has 0 radical (unpaired) electrons. The summed E-state index contributed by atoms with van der Waals surface area (Å²) in [5.74, 6) is 2.51. The van der Waals surface area contributed by atoms with Gasteiger partial charge in [-0.1, -0.05) is 19.1 Å². The second-order valence-corrected chi connectivity index (χ2v) is 6.84. The minimum atomic E-state index is 0.229. The normalized spacial score (nSPS) is 28.5. The lowest BCUT2D eigenvalue weighted by atomic mass is 9.97. The molecule has 4 heteroatoms. The molecule has 4 nitrogen and oxygen atoms in total. The number of nitrogens with two attached hydrogens (primary N) is 1. The van der Waals surface area contributed by atoms with Crippen molar-refractivity contribution in [3.63, 3.8) is 0 Å². The van der Waals surface area contributed by atoms with Gasteiger partial charge < -0.3 is 15.4 Å². The molecule has 0 spiro atoms. The highest BCUT2D eigenvalue weighted by molar-refractivity contribution is 5.77. The zero-order valence-corrected chi connectivity index (χ0v) is 13.5. The summed E-state index contributed by atoms with van der Waals surface area (Å²) in [5.41, 5.74) is 7.34. The fraction of sp³-hybridized carbons (Fsp3) is 0.611. The molecule has 1 aliphatic carbocycles. The highest BCUT2D eigenvalue weighted by Crippen LogP contribution is 2.37. The van der Waals surface area contributed by atoms with Gasteiger partial charge in [-0.25, -0.2) is 0 Å². The summed E-state index contributed by atoms with van der Waals surface area (Å²) in [6.07, 6.45) is 2.88. The van der Waals surface area contributed by atoms with Crippen LogP contribution in [0.15, 0.2) is 24.3 Å². The Morgan fingerprint density at radius 1 is 1.32 bits per heavy atom. The van der Waals surface area contributed by atoms with Crippen LogP contribution in [0, 0.1) is 11.8 Å². The molecule has 22 heavy (non-hydrogen) atoms. The van der Waals surface area contributed by atoms with Crippen molar-refractivity contribution in [2.24, 2.45) is 17.6 Å². The summed E-state index contributed by atoms with van der Waals surface area (Å²) < 4.78 is 5.18. The maximum Gasteiger partial charge on any atom is 0.223 e. The van der Waals surface area contributed by atoms with Gasteiger partial charge in [-0.3, -0.25) is 4.79 Å². The van der Waals surface area contributed by atoms with Crippen LogP contribution in [-0.2, 0) is 4.79 Å². The predicted octanol–water partition coefficient (Wildman–Crippen LogP) is 2.38. The maximum absolute atomic E-state index is 12.6. The number of likely N-dealkylation sites (tertiary alicyclic amines) is 1. The van der Waals surface area contributed by atoms with Crippen molar-refractivity contribution in [2.45, 2.75) is 38.1 Å². The van der Waals surface area contributed by atoms with E-state index in [0.29, 0.717) is 24.3 Å². The number of methoxy groups -OCH3 is 1. The summed E-state index contributed by atoms with van der Waals surface area (Å²) in [7, 11) is 1.66. The molecule has 0 bridgehead atoms. The summed E-state index contributed by atoms with van der Waals surface area (Å²) in [5, 5.41) is 0. The minimum Gasteiger partial charge on any atom is -0.497 e. The number of fused-ring (bicyclic) bond motifs is 1. The van der Waals surface area contributed by atoms with Gasteiger partial charge in [0.2, 0.25) is 5.91 Å². The van der Waals surface area contributed by atoms with Gasteiger partial charge in [0, 0.05) is 25.6 Å². The first-order valence-electron chi connectivity index (χ1n) is 8.25. The van der Waals surface area contributed by atoms with Crippen LogP contribution in [0.3, 0.4) is 0 Å². The van der Waals surface area contributed by atoms with E-state index in [1.54, 1.807) is 7.11 Å². The van der Waals surface area contributed by atoms with Crippen LogP contribution in [0.5, 0.6) is 5.75 Å². The van der Waals surface area contributed by atoms with Gasteiger partial charge in [0.15, 0.2) is 0 Å². The van der Waals surface area contributed by atoms with E-state index in [4.69, 9.17) is 10.5 Å². The molecule has 2 N–H and O–H groups in total. The number of hydrogen-bond acceptors (Lipinski definition) is 3. The summed E-state index contributed by atoms with van der Waals surface area (Å²) in [6.45, 7) is 3.88. The minimum absolute atomic E-state index is 0.229. The summed E-state index contributed by atoms with van der Waals surface area (Å²) >= 11 is 0. The van der Waals surface area contributed by atoms with E-state index < -0.39 is 0 Å². The molecule has 0 aromatic heterocycles. The zero-order valence-electron chi connectivity index (χ0n) is 13.5. The van der Waals surface area contributed by atoms with Crippen LogP contribution in [-0.4, -0.2) is 37.0 Å². The Bertz CT molecular complexity index is 528. The zero-order chi connectivity index (χ0) is 15.7. The Morgan fingerprint density at radius 3 is 2.68 bits per heavy atom. The van der Waals surface area contributed by atoms with Crippen LogP contribution in [0.4, 0.5) is 0 Å². The van der Waals surface area contributed by atoms with Crippen molar-refractivity contribution in [3.8, 4) is 5.75 Å². The lowest BCUT2D eigenvalue weighted by Gasteiger charge is -2.21. The average molecular weight is 302 g/mol. The first-order valence-corrected chi connectivity index (χ1v) is 8.25. The molecule has 1 aromatic rings. The lowest BCUT2D eigenvalue weighted by molar-refractivity contribution is -0.130. The van der Waals surface area contributed by atoms with Gasteiger partial charge in [0.25, 0.3) is 0 Å². The maximum atomic E-state index is 12.6. The number of ether oxygens (including phenoxy) is 1. The molecule has 4 atom stereocenters. The Labute approximate surface area is 132 Å². The molecule has 4 unspecified atom stereocenters. The van der Waals surface area contributed by atoms with Crippen molar-refractivity contribution in [3.05, 3.63) is 29.8 Å². The molecule has 1 aromatic carbocycles. The number of benzene rings is 1. The first kappa shape index (κ1) is 15.3. The van der Waals surface area contributed by atoms with E-state index in [1.165, 1.54) is 12.0 Å². The Balaban J connectivity index is 1.57. The number of hydrogen-bond donors (Lipinski definition) is 1. The average Bonchev–Trinajstić information content (AvgIpc) is 3.10. The van der Waals surface area contributed by atoms with E-state index in [1.807, 2.05) is 29.2 Å². The highest BCUT2D eigenvalue weighted by atomic mass is 16.5. The smallest absolute Gasteiger partial charge is 0.223 e. The van der Waals surface area contributed by atoms with Gasteiger partial charge in [-0.05, 0) is 48.3 Å². The number of carbonyl (C=O) groups is 1. The molecule has 1 saturated heterocycles. The fourth-order valence-electron chi connectivity index (χ4n) is 3.95. The predicted molar refractivity (Wildman–Crippen MR) is 86.8 cm³/mol. The Hall–Kier alpha value is -1.55. The van der Waals surface area contributed by atoms with E-state index >= 15 is 0 Å². The van der Waals surface area contributed by atoms with E-state index in [9.17, 15) is 4.79 Å². The second kappa shape index (κ2) is 6.29. The van der Waals surface area contributed by atoms with Crippen LogP contribution >= 0.6 is 0 Å². The van der Waals surface area contributed by atoms with Crippen LogP contribution in [0.2, 0.25) is 0 Å². The summed E-state index contributed by atoms with van der Waals surface area (Å²) in [4.78, 5) is 14.6. The fourth-order valence-corrected chi connectivity index (χ4v) is 3.95. The van der Waals surface area contributed by atoms with Gasteiger partial charge in [0.05, 0.1) is 7.11 Å². The SMILES string of the molecule is COc1ccc(C(C)CC(=O)N2CC3CCC(N)C3C2)cc1. The third-order valence-corrected chi connectivity index (χ3v) is 5.43. The third kappa shape index (κ3) is 2.98. The molecule has 3 rings (SSSR count). The second-order valence-electron chi connectivity index (χ2n) is 6.84. The van der Waals surface area contributed by atoms with Crippen molar-refractivity contribution in [1.82, 2.24) is 4.90 Å². The first-order chi connectivity index (χ1) is 10.6. The standard InChI is InChI=1S/C18H26N2O2/c1-12(13-3-6-15(22-2)7-4-13)9-18(21)20-10-14-5-8-17(19)16(14)11-20/h3-4,6-7,12,14,16-17H,5,8-11,19H2,1-2H3. The van der Waals surface area contributed by atoms with Gasteiger partial charge >= 0.3 is 0 Å². The summed E-state index contributed by atoms with van der Waals surface area (Å²) in [6, 6.07) is 8.30. The van der Waals surface area contributed by atoms with E-state index in [0.717, 1.165) is 25.3 Å². The Kier molecular flexibility index (Phi) is 4.39. The van der Waals surface area contributed by atoms with Gasteiger partial charge in [0.1, 0.15) is 5.75 Å². The largest absolute Gasteiger partial charge is 0.497 e. The molecule has 1 saturated carbocycles. The molecule has 1 heterocycles. The van der Waals surface area contributed by atoms with Crippen molar-refractivity contribution >= 4 is 5.91 Å². The number of rotatable bonds is 4. The van der Waals surface area contributed by atoms with Crippen molar-refractivity contribution < 1.29 is 9.53 Å². The topological polar surface area (TPSA) is 55.6 Å². The molecular weight excluding hydrogens is 276 g/mol. The van der Waals surface area contributed by atoms with E-state index in [-0.39, 0.29) is 11.8 Å². The van der Waals surface area contributed by atoms with Gasteiger partial charge in [-0.2, -0.15) is 0 Å². The third-order valence-electron chi connectivity index (χ3n) is 5.43. The van der Waals surface area contributed by atoms with Crippen molar-refractivity contribution in [2.75, 3.05) is 20.2 Å². The molecule has 120 valence electrons. The van der Waals surface area contributed by atoms with Crippen LogP contribution in [0.1, 0.15) is 37.7 Å². The number of carbonyl (C=O) groups excluding carboxylic acids is 1. The molecule has 1 aliphatic heterocycles. The molecular formula is C18H26N2O2. The molecule has 2 fully saturated rings. The van der Waals surface area contributed by atoms with Gasteiger partial charge in [-0.15, -0.1) is 0 Å². The number of nitrogens with zero attached hydrogens (tertiary/aromatic N) is 1. The lowest BCUT2D eigenvalue weighted by Crippen LogP contribution is -2.33. The van der Waals surface area contributed by atoms with E-state index in [2.05, 4.69) is 6.92 Å².